The fourth-order valence-electron chi connectivity index (χ4n) is 1.21. The number of hydrazine groups is 1. The highest BCUT2D eigenvalue weighted by molar-refractivity contribution is 7.80. The van der Waals surface area contributed by atoms with Crippen LogP contribution in [0.15, 0.2) is 24.3 Å². The van der Waals surface area contributed by atoms with Crippen LogP contribution in [-0.2, 0) is 0 Å². The molecule has 0 bridgehead atoms. The van der Waals surface area contributed by atoms with Gasteiger partial charge >= 0.3 is 0 Å². The van der Waals surface area contributed by atoms with Gasteiger partial charge in [0, 0.05) is 12.1 Å². The summed E-state index contributed by atoms with van der Waals surface area (Å²) >= 11 is 4.92. The molecule has 0 unspecified atom stereocenters. The van der Waals surface area contributed by atoms with E-state index < -0.39 is 0 Å². The second-order valence-corrected chi connectivity index (χ2v) is 3.66. The lowest BCUT2D eigenvalue weighted by Gasteiger charge is -2.11. The molecule has 1 amide bonds. The van der Waals surface area contributed by atoms with Gasteiger partial charge in [-0.25, -0.2) is 0 Å². The first kappa shape index (κ1) is 12.4. The highest BCUT2D eigenvalue weighted by Gasteiger charge is 2.07. The maximum Gasteiger partial charge on any atom is 0.269 e. The highest BCUT2D eigenvalue weighted by Crippen LogP contribution is 2.05. The lowest BCUT2D eigenvalue weighted by Crippen LogP contribution is -2.46. The van der Waals surface area contributed by atoms with Crippen molar-refractivity contribution in [1.29, 1.82) is 0 Å². The summed E-state index contributed by atoms with van der Waals surface area (Å²) in [6.07, 6.45) is 0. The first-order valence-corrected chi connectivity index (χ1v) is 5.45. The maximum atomic E-state index is 11.7. The summed E-state index contributed by atoms with van der Waals surface area (Å²) in [5.74, 6) is -0.196. The fraction of sp³-hybridized carbons (Fsp3) is 0.273. The van der Waals surface area contributed by atoms with Crippen molar-refractivity contribution in [1.82, 2.24) is 16.2 Å². The predicted molar refractivity (Wildman–Crippen MR) is 68.1 cm³/mol. The number of carbonyl (C=O) groups is 1. The number of aryl methyl sites for hydroxylation is 1. The van der Waals surface area contributed by atoms with Gasteiger partial charge < -0.3 is 5.32 Å². The van der Waals surface area contributed by atoms with E-state index in [2.05, 4.69) is 16.2 Å². The molecule has 1 aromatic rings. The Morgan fingerprint density at radius 2 is 2.00 bits per heavy atom. The number of carbonyl (C=O) groups excluding carboxylic acids is 1. The van der Waals surface area contributed by atoms with Gasteiger partial charge in [0.1, 0.15) is 0 Å². The molecule has 0 aliphatic carbocycles. The van der Waals surface area contributed by atoms with Crippen molar-refractivity contribution < 1.29 is 4.79 Å². The second kappa shape index (κ2) is 6.07. The molecule has 0 saturated carbocycles. The Balaban J connectivity index is 2.54. The molecule has 16 heavy (non-hydrogen) atoms. The SMILES string of the molecule is CCNC(=S)NNC(=O)c1ccccc1C. The minimum atomic E-state index is -0.196. The smallest absolute Gasteiger partial charge is 0.269 e. The number of nitrogens with one attached hydrogen (secondary N) is 3. The van der Waals surface area contributed by atoms with Gasteiger partial charge in [0.2, 0.25) is 0 Å². The number of benzene rings is 1. The summed E-state index contributed by atoms with van der Waals surface area (Å²) in [5.41, 5.74) is 6.72. The third-order valence-corrected chi connectivity index (χ3v) is 2.26. The van der Waals surface area contributed by atoms with E-state index in [-0.39, 0.29) is 5.91 Å². The summed E-state index contributed by atoms with van der Waals surface area (Å²) in [6.45, 7) is 4.53. The third kappa shape index (κ3) is 3.51. The average molecular weight is 237 g/mol. The molecule has 0 saturated heterocycles. The van der Waals surface area contributed by atoms with Crippen molar-refractivity contribution in [2.24, 2.45) is 0 Å². The molecule has 0 aromatic heterocycles. The number of amides is 1. The Morgan fingerprint density at radius 1 is 1.31 bits per heavy atom. The van der Waals surface area contributed by atoms with Gasteiger partial charge in [0.25, 0.3) is 5.91 Å². The van der Waals surface area contributed by atoms with E-state index in [0.717, 1.165) is 5.56 Å². The number of rotatable bonds is 2. The first-order chi connectivity index (χ1) is 7.65. The van der Waals surface area contributed by atoms with Crippen LogP contribution in [0.4, 0.5) is 0 Å². The molecule has 0 atom stereocenters. The minimum absolute atomic E-state index is 0.196. The van der Waals surface area contributed by atoms with Crippen molar-refractivity contribution in [3.05, 3.63) is 35.4 Å². The van der Waals surface area contributed by atoms with Gasteiger partial charge in [-0.05, 0) is 37.7 Å². The predicted octanol–water partition coefficient (Wildman–Crippen LogP) is 1.12. The molecule has 0 radical (unpaired) electrons. The standard InChI is InChI=1S/C11H15N3OS/c1-3-12-11(16)14-13-10(15)9-7-5-4-6-8(9)2/h4-7H,3H2,1-2H3,(H,13,15)(H2,12,14,16). The van der Waals surface area contributed by atoms with Gasteiger partial charge in [-0.3, -0.25) is 15.6 Å². The van der Waals surface area contributed by atoms with E-state index in [4.69, 9.17) is 12.2 Å². The number of thiocarbonyl (C=S) groups is 1. The van der Waals surface area contributed by atoms with Crippen LogP contribution in [0, 0.1) is 6.92 Å². The average Bonchev–Trinajstić information content (AvgIpc) is 2.27. The molecule has 3 N–H and O–H groups in total. The van der Waals surface area contributed by atoms with Crippen LogP contribution in [0.2, 0.25) is 0 Å². The van der Waals surface area contributed by atoms with Crippen LogP contribution in [0.1, 0.15) is 22.8 Å². The summed E-state index contributed by atoms with van der Waals surface area (Å²) in [6, 6.07) is 7.37. The summed E-state index contributed by atoms with van der Waals surface area (Å²) in [4.78, 5) is 11.7. The minimum Gasteiger partial charge on any atom is -0.362 e. The molecule has 0 heterocycles. The van der Waals surface area contributed by atoms with Gasteiger partial charge in [0.05, 0.1) is 0 Å². The highest BCUT2D eigenvalue weighted by atomic mass is 32.1. The van der Waals surface area contributed by atoms with Gasteiger partial charge in [-0.2, -0.15) is 0 Å². The summed E-state index contributed by atoms with van der Waals surface area (Å²) in [7, 11) is 0. The zero-order valence-corrected chi connectivity index (χ0v) is 10.1. The molecule has 0 spiro atoms. The molecular weight excluding hydrogens is 222 g/mol. The second-order valence-electron chi connectivity index (χ2n) is 3.25. The van der Waals surface area contributed by atoms with Crippen molar-refractivity contribution >= 4 is 23.2 Å². The van der Waals surface area contributed by atoms with Crippen molar-refractivity contribution in [3.8, 4) is 0 Å². The fourth-order valence-corrected chi connectivity index (χ4v) is 1.41. The van der Waals surface area contributed by atoms with E-state index in [0.29, 0.717) is 17.2 Å². The Hall–Kier alpha value is -1.62. The van der Waals surface area contributed by atoms with Crippen LogP contribution in [0.5, 0.6) is 0 Å². The monoisotopic (exact) mass is 237 g/mol. The van der Waals surface area contributed by atoms with E-state index in [9.17, 15) is 4.79 Å². The van der Waals surface area contributed by atoms with Gasteiger partial charge in [-0.1, -0.05) is 18.2 Å². The molecule has 4 nitrogen and oxygen atoms in total. The molecule has 0 aliphatic heterocycles. The van der Waals surface area contributed by atoms with Crippen LogP contribution in [0.3, 0.4) is 0 Å². The van der Waals surface area contributed by atoms with E-state index in [1.54, 1.807) is 6.07 Å². The topological polar surface area (TPSA) is 53.2 Å². The quantitative estimate of drug-likeness (QED) is 0.533. The van der Waals surface area contributed by atoms with Crippen LogP contribution in [-0.4, -0.2) is 17.6 Å². The molecule has 0 aliphatic rings. The van der Waals surface area contributed by atoms with E-state index in [1.165, 1.54) is 0 Å². The maximum absolute atomic E-state index is 11.7. The lowest BCUT2D eigenvalue weighted by atomic mass is 10.1. The summed E-state index contributed by atoms with van der Waals surface area (Å²) in [5, 5.41) is 3.28. The molecule has 1 aromatic carbocycles. The van der Waals surface area contributed by atoms with E-state index in [1.807, 2.05) is 32.0 Å². The molecule has 0 fully saturated rings. The van der Waals surface area contributed by atoms with Gasteiger partial charge in [0.15, 0.2) is 5.11 Å². The number of hydrogen-bond acceptors (Lipinski definition) is 2. The zero-order valence-electron chi connectivity index (χ0n) is 9.33. The molecule has 1 rings (SSSR count). The van der Waals surface area contributed by atoms with Crippen LogP contribution < -0.4 is 16.2 Å². The van der Waals surface area contributed by atoms with Crippen LogP contribution in [0.25, 0.3) is 0 Å². The third-order valence-electron chi connectivity index (χ3n) is 2.02. The van der Waals surface area contributed by atoms with Crippen molar-refractivity contribution in [2.45, 2.75) is 13.8 Å². The molecular formula is C11H15N3OS. The Bertz CT molecular complexity index is 393. The first-order valence-electron chi connectivity index (χ1n) is 5.05. The lowest BCUT2D eigenvalue weighted by molar-refractivity contribution is 0.0943. The van der Waals surface area contributed by atoms with Crippen molar-refractivity contribution in [3.63, 3.8) is 0 Å². The molecule has 5 heteroatoms. The Kier molecular flexibility index (Phi) is 4.72. The van der Waals surface area contributed by atoms with Crippen LogP contribution >= 0.6 is 12.2 Å². The largest absolute Gasteiger partial charge is 0.362 e. The summed E-state index contributed by atoms with van der Waals surface area (Å²) < 4.78 is 0. The Morgan fingerprint density at radius 3 is 2.62 bits per heavy atom. The number of hydrogen-bond donors (Lipinski definition) is 3. The molecule has 86 valence electrons. The van der Waals surface area contributed by atoms with Crippen molar-refractivity contribution in [2.75, 3.05) is 6.54 Å². The van der Waals surface area contributed by atoms with E-state index >= 15 is 0 Å². The zero-order chi connectivity index (χ0) is 12.0. The Labute approximate surface area is 100 Å². The van der Waals surface area contributed by atoms with Gasteiger partial charge in [-0.15, -0.1) is 0 Å². The normalized spacial score (nSPS) is 9.38.